The van der Waals surface area contributed by atoms with E-state index in [-0.39, 0.29) is 0 Å². The van der Waals surface area contributed by atoms with Crippen molar-refractivity contribution in [2.75, 3.05) is 6.61 Å². The highest BCUT2D eigenvalue weighted by Gasteiger charge is 2.21. The van der Waals surface area contributed by atoms with Crippen LogP contribution in [0.2, 0.25) is 0 Å². The summed E-state index contributed by atoms with van der Waals surface area (Å²) < 4.78 is 0. The SMILES string of the molecule is CC1(CCCO)C=CCCC1. The van der Waals surface area contributed by atoms with E-state index in [1.807, 2.05) is 0 Å². The fourth-order valence-corrected chi connectivity index (χ4v) is 1.77. The molecule has 1 heteroatoms. The molecule has 1 nitrogen and oxygen atoms in total. The fourth-order valence-electron chi connectivity index (χ4n) is 1.77. The minimum Gasteiger partial charge on any atom is -0.396 e. The molecule has 1 N–H and O–H groups in total. The van der Waals surface area contributed by atoms with E-state index in [4.69, 9.17) is 5.11 Å². The molecule has 0 fully saturated rings. The molecule has 1 rings (SSSR count). The van der Waals surface area contributed by atoms with Crippen LogP contribution in [-0.4, -0.2) is 11.7 Å². The first-order valence-corrected chi connectivity index (χ1v) is 4.55. The average Bonchev–Trinajstić information content (AvgIpc) is 2.03. The molecule has 0 aliphatic heterocycles. The zero-order valence-electron chi connectivity index (χ0n) is 7.34. The zero-order chi connectivity index (χ0) is 8.16. The molecule has 0 spiro atoms. The second kappa shape index (κ2) is 3.91. The Morgan fingerprint density at radius 2 is 2.36 bits per heavy atom. The third-order valence-electron chi connectivity index (χ3n) is 2.54. The lowest BCUT2D eigenvalue weighted by Crippen LogP contribution is -2.16. The molecule has 11 heavy (non-hydrogen) atoms. The Hall–Kier alpha value is -0.300. The van der Waals surface area contributed by atoms with E-state index in [0.29, 0.717) is 12.0 Å². The average molecular weight is 154 g/mol. The number of aliphatic hydroxyl groups excluding tert-OH is 1. The van der Waals surface area contributed by atoms with Crippen molar-refractivity contribution in [3.05, 3.63) is 12.2 Å². The van der Waals surface area contributed by atoms with Gasteiger partial charge in [-0.3, -0.25) is 0 Å². The van der Waals surface area contributed by atoms with Crippen molar-refractivity contribution < 1.29 is 5.11 Å². The van der Waals surface area contributed by atoms with Gasteiger partial charge < -0.3 is 5.11 Å². The lowest BCUT2D eigenvalue weighted by atomic mass is 9.77. The van der Waals surface area contributed by atoms with Crippen molar-refractivity contribution >= 4 is 0 Å². The Kier molecular flexibility index (Phi) is 3.13. The van der Waals surface area contributed by atoms with E-state index in [9.17, 15) is 0 Å². The maximum Gasteiger partial charge on any atom is 0.0431 e. The molecule has 0 bridgehead atoms. The van der Waals surface area contributed by atoms with Crippen molar-refractivity contribution in [2.45, 2.75) is 39.0 Å². The highest BCUT2D eigenvalue weighted by molar-refractivity contribution is 5.00. The molecule has 64 valence electrons. The van der Waals surface area contributed by atoms with Crippen LogP contribution in [0.1, 0.15) is 39.0 Å². The second-order valence-electron chi connectivity index (χ2n) is 3.78. The molecule has 1 aliphatic carbocycles. The summed E-state index contributed by atoms with van der Waals surface area (Å²) in [6, 6.07) is 0. The molecule has 0 amide bonds. The van der Waals surface area contributed by atoms with E-state index in [1.54, 1.807) is 0 Å². The van der Waals surface area contributed by atoms with E-state index < -0.39 is 0 Å². The highest BCUT2D eigenvalue weighted by Crippen LogP contribution is 2.34. The molecule has 0 aromatic rings. The topological polar surface area (TPSA) is 20.2 Å². The molecule has 1 atom stereocenters. The van der Waals surface area contributed by atoms with Gasteiger partial charge in [-0.15, -0.1) is 0 Å². The molecule has 0 heterocycles. The summed E-state index contributed by atoms with van der Waals surface area (Å²) in [4.78, 5) is 0. The first-order chi connectivity index (χ1) is 5.27. The van der Waals surface area contributed by atoms with Crippen LogP contribution in [0, 0.1) is 5.41 Å². The summed E-state index contributed by atoms with van der Waals surface area (Å²) in [5.41, 5.74) is 0.390. The number of hydrogen-bond donors (Lipinski definition) is 1. The Labute approximate surface area is 69.1 Å². The van der Waals surface area contributed by atoms with E-state index in [2.05, 4.69) is 19.1 Å². The van der Waals surface area contributed by atoms with Crippen LogP contribution < -0.4 is 0 Å². The third kappa shape index (κ3) is 2.66. The van der Waals surface area contributed by atoms with Gasteiger partial charge in [0.15, 0.2) is 0 Å². The number of hydrogen-bond acceptors (Lipinski definition) is 1. The molecule has 0 saturated carbocycles. The summed E-state index contributed by atoms with van der Waals surface area (Å²) in [6.45, 7) is 2.63. The minimum absolute atomic E-state index is 0.337. The maximum atomic E-state index is 8.69. The van der Waals surface area contributed by atoms with Crippen LogP contribution in [0.15, 0.2) is 12.2 Å². The standard InChI is InChI=1S/C10H18O/c1-10(8-5-9-11)6-3-2-4-7-10/h3,6,11H,2,4-5,7-9H2,1H3. The van der Waals surface area contributed by atoms with Crippen molar-refractivity contribution in [2.24, 2.45) is 5.41 Å². The van der Waals surface area contributed by atoms with Crippen LogP contribution in [0.3, 0.4) is 0 Å². The summed E-state index contributed by atoms with van der Waals surface area (Å²) in [7, 11) is 0. The lowest BCUT2D eigenvalue weighted by molar-refractivity contribution is 0.245. The quantitative estimate of drug-likeness (QED) is 0.619. The van der Waals surface area contributed by atoms with Crippen LogP contribution >= 0.6 is 0 Å². The van der Waals surface area contributed by atoms with E-state index in [1.165, 1.54) is 19.3 Å². The molecule has 1 aliphatic rings. The van der Waals surface area contributed by atoms with Gasteiger partial charge in [-0.1, -0.05) is 19.1 Å². The monoisotopic (exact) mass is 154 g/mol. The van der Waals surface area contributed by atoms with Crippen molar-refractivity contribution in [3.63, 3.8) is 0 Å². The smallest absolute Gasteiger partial charge is 0.0431 e. The maximum absolute atomic E-state index is 8.69. The summed E-state index contributed by atoms with van der Waals surface area (Å²) in [5.74, 6) is 0. The predicted octanol–water partition coefficient (Wildman–Crippen LogP) is 2.51. The van der Waals surface area contributed by atoms with Gasteiger partial charge in [-0.2, -0.15) is 0 Å². The molecule has 0 saturated heterocycles. The van der Waals surface area contributed by atoms with E-state index in [0.717, 1.165) is 12.8 Å². The molecular formula is C10H18O. The predicted molar refractivity (Wildman–Crippen MR) is 47.4 cm³/mol. The second-order valence-corrected chi connectivity index (χ2v) is 3.78. The molecule has 0 radical (unpaired) electrons. The van der Waals surface area contributed by atoms with Gasteiger partial charge in [-0.05, 0) is 37.5 Å². The van der Waals surface area contributed by atoms with Gasteiger partial charge in [0.25, 0.3) is 0 Å². The summed E-state index contributed by atoms with van der Waals surface area (Å²) in [6.07, 6.45) is 10.5. The lowest BCUT2D eigenvalue weighted by Gasteiger charge is -2.28. The first-order valence-electron chi connectivity index (χ1n) is 4.55. The largest absolute Gasteiger partial charge is 0.396 e. The van der Waals surface area contributed by atoms with Crippen molar-refractivity contribution in [1.82, 2.24) is 0 Å². The van der Waals surface area contributed by atoms with Crippen LogP contribution in [0.25, 0.3) is 0 Å². The molecule has 0 aromatic carbocycles. The zero-order valence-corrected chi connectivity index (χ0v) is 7.34. The summed E-state index contributed by atoms with van der Waals surface area (Å²) in [5, 5.41) is 8.69. The van der Waals surface area contributed by atoms with Gasteiger partial charge in [0, 0.05) is 6.61 Å². The summed E-state index contributed by atoms with van der Waals surface area (Å²) >= 11 is 0. The van der Waals surface area contributed by atoms with Crippen LogP contribution in [0.5, 0.6) is 0 Å². The van der Waals surface area contributed by atoms with Gasteiger partial charge in [-0.25, -0.2) is 0 Å². The Morgan fingerprint density at radius 3 is 2.91 bits per heavy atom. The Balaban J connectivity index is 2.37. The van der Waals surface area contributed by atoms with Gasteiger partial charge >= 0.3 is 0 Å². The Bertz CT molecular complexity index is 140. The minimum atomic E-state index is 0.337. The molecular weight excluding hydrogens is 136 g/mol. The highest BCUT2D eigenvalue weighted by atomic mass is 16.2. The van der Waals surface area contributed by atoms with Crippen LogP contribution in [-0.2, 0) is 0 Å². The Morgan fingerprint density at radius 1 is 1.55 bits per heavy atom. The van der Waals surface area contributed by atoms with Crippen molar-refractivity contribution in [3.8, 4) is 0 Å². The van der Waals surface area contributed by atoms with Gasteiger partial charge in [0.1, 0.15) is 0 Å². The van der Waals surface area contributed by atoms with E-state index >= 15 is 0 Å². The van der Waals surface area contributed by atoms with Gasteiger partial charge in [0.05, 0.1) is 0 Å². The fraction of sp³-hybridized carbons (Fsp3) is 0.800. The number of allylic oxidation sites excluding steroid dienone is 2. The number of aliphatic hydroxyl groups is 1. The van der Waals surface area contributed by atoms with Crippen molar-refractivity contribution in [1.29, 1.82) is 0 Å². The molecule has 1 unspecified atom stereocenters. The third-order valence-corrected chi connectivity index (χ3v) is 2.54. The van der Waals surface area contributed by atoms with Crippen LogP contribution in [0.4, 0.5) is 0 Å². The first kappa shape index (κ1) is 8.79. The van der Waals surface area contributed by atoms with Gasteiger partial charge in [0.2, 0.25) is 0 Å². The number of rotatable bonds is 3. The normalized spacial score (nSPS) is 30.7. The molecule has 0 aromatic heterocycles.